The summed E-state index contributed by atoms with van der Waals surface area (Å²) >= 11 is 0. The van der Waals surface area contributed by atoms with Crippen LogP contribution in [0.3, 0.4) is 0 Å². The molecule has 0 unspecified atom stereocenters. The van der Waals surface area contributed by atoms with Crippen molar-refractivity contribution in [2.75, 3.05) is 16.8 Å². The molecule has 0 N–H and O–H groups in total. The third-order valence-electron chi connectivity index (χ3n) is 4.79. The number of rotatable bonds is 2. The summed E-state index contributed by atoms with van der Waals surface area (Å²) in [5, 5.41) is 0. The Hall–Kier alpha value is -2.74. The fourth-order valence-corrected chi connectivity index (χ4v) is 3.42. The Kier molecular flexibility index (Phi) is 3.53. The van der Waals surface area contributed by atoms with Gasteiger partial charge in [-0.3, -0.25) is 0 Å². The summed E-state index contributed by atoms with van der Waals surface area (Å²) in [6.45, 7) is 4.46. The van der Waals surface area contributed by atoms with Crippen molar-refractivity contribution in [2.24, 2.45) is 0 Å². The third kappa shape index (κ3) is 2.26. The molecule has 2 nitrogen and oxygen atoms in total. The van der Waals surface area contributed by atoms with Gasteiger partial charge in [0.2, 0.25) is 0 Å². The van der Waals surface area contributed by atoms with E-state index in [1.165, 1.54) is 34.0 Å². The molecule has 24 heavy (non-hydrogen) atoms. The van der Waals surface area contributed by atoms with E-state index in [0.717, 1.165) is 0 Å². The Balaban J connectivity index is 1.90. The summed E-state index contributed by atoms with van der Waals surface area (Å²) in [6.07, 6.45) is 0. The molecule has 2 heteroatoms. The summed E-state index contributed by atoms with van der Waals surface area (Å²) in [5.41, 5.74) is 7.46. The second-order valence-electron chi connectivity index (χ2n) is 6.62. The lowest BCUT2D eigenvalue weighted by molar-refractivity contribution is 0.866. The van der Waals surface area contributed by atoms with Crippen LogP contribution in [0.4, 0.5) is 28.4 Å². The average Bonchev–Trinajstić information content (AvgIpc) is 2.62. The molecule has 0 aliphatic carbocycles. The second kappa shape index (κ2) is 5.72. The first-order valence-electron chi connectivity index (χ1n) is 8.48. The number of nitrogens with zero attached hydrogens (tertiary/aromatic N) is 2. The van der Waals surface area contributed by atoms with Gasteiger partial charge >= 0.3 is 0 Å². The number of hydrogen-bond acceptors (Lipinski definition) is 2. The second-order valence-corrected chi connectivity index (χ2v) is 6.62. The molecule has 3 aromatic rings. The number of fused-ring (bicyclic) bond motifs is 2. The molecule has 0 atom stereocenters. The number of para-hydroxylation sites is 4. The summed E-state index contributed by atoms with van der Waals surface area (Å²) in [6, 6.07) is 26.1. The Bertz CT molecular complexity index is 818. The highest BCUT2D eigenvalue weighted by atomic mass is 15.3. The van der Waals surface area contributed by atoms with Crippen LogP contribution in [0.15, 0.2) is 72.8 Å². The third-order valence-corrected chi connectivity index (χ3v) is 4.79. The van der Waals surface area contributed by atoms with E-state index in [4.69, 9.17) is 0 Å². The first kappa shape index (κ1) is 14.8. The summed E-state index contributed by atoms with van der Waals surface area (Å²) in [5.74, 6) is 0.547. The monoisotopic (exact) mass is 314 g/mol. The van der Waals surface area contributed by atoms with E-state index in [2.05, 4.69) is 103 Å². The topological polar surface area (TPSA) is 6.48 Å². The van der Waals surface area contributed by atoms with Crippen LogP contribution in [-0.2, 0) is 0 Å². The maximum Gasteiger partial charge on any atom is 0.0699 e. The summed E-state index contributed by atoms with van der Waals surface area (Å²) in [7, 11) is 2.14. The molecule has 0 bridgehead atoms. The fourth-order valence-electron chi connectivity index (χ4n) is 3.42. The van der Waals surface area contributed by atoms with Crippen molar-refractivity contribution in [3.8, 4) is 0 Å². The molecular weight excluding hydrogens is 292 g/mol. The van der Waals surface area contributed by atoms with E-state index >= 15 is 0 Å². The van der Waals surface area contributed by atoms with E-state index in [1.807, 2.05) is 0 Å². The first-order chi connectivity index (χ1) is 11.7. The normalized spacial score (nSPS) is 13.0. The molecular formula is C22H22N2. The van der Waals surface area contributed by atoms with Gasteiger partial charge in [0.25, 0.3) is 0 Å². The summed E-state index contributed by atoms with van der Waals surface area (Å²) < 4.78 is 0. The SMILES string of the molecule is CC(C)c1ccc(N2c3ccccc3N(C)c3ccccc32)cc1. The predicted octanol–water partition coefficient (Wildman–Crippen LogP) is 6.36. The van der Waals surface area contributed by atoms with Crippen LogP contribution in [0, 0.1) is 0 Å². The number of hydrogen-bond donors (Lipinski definition) is 0. The largest absolute Gasteiger partial charge is 0.341 e. The van der Waals surface area contributed by atoms with Crippen molar-refractivity contribution in [1.82, 2.24) is 0 Å². The quantitative estimate of drug-likeness (QED) is 0.543. The molecule has 0 spiro atoms. The van der Waals surface area contributed by atoms with Gasteiger partial charge in [-0.25, -0.2) is 0 Å². The minimum Gasteiger partial charge on any atom is -0.341 e. The smallest absolute Gasteiger partial charge is 0.0699 e. The van der Waals surface area contributed by atoms with Gasteiger partial charge < -0.3 is 9.80 Å². The maximum atomic E-state index is 2.36. The van der Waals surface area contributed by atoms with Gasteiger partial charge in [0.15, 0.2) is 0 Å². The van der Waals surface area contributed by atoms with Crippen molar-refractivity contribution in [3.05, 3.63) is 78.4 Å². The molecule has 0 radical (unpaired) electrons. The molecule has 1 aliphatic rings. The molecule has 0 saturated carbocycles. The predicted molar refractivity (Wildman–Crippen MR) is 103 cm³/mol. The van der Waals surface area contributed by atoms with Gasteiger partial charge in [-0.2, -0.15) is 0 Å². The Morgan fingerprint density at radius 3 is 1.54 bits per heavy atom. The Labute approximate surface area is 144 Å². The Morgan fingerprint density at radius 1 is 0.625 bits per heavy atom. The minimum atomic E-state index is 0.547. The first-order valence-corrected chi connectivity index (χ1v) is 8.48. The van der Waals surface area contributed by atoms with Crippen molar-refractivity contribution >= 4 is 28.4 Å². The molecule has 0 saturated heterocycles. The van der Waals surface area contributed by atoms with Gasteiger partial charge in [0.1, 0.15) is 0 Å². The highest BCUT2D eigenvalue weighted by Crippen LogP contribution is 2.50. The lowest BCUT2D eigenvalue weighted by atomic mass is 10.0. The molecule has 0 aromatic heterocycles. The van der Waals surface area contributed by atoms with Crippen LogP contribution in [0.2, 0.25) is 0 Å². The number of anilines is 5. The van der Waals surface area contributed by atoms with E-state index in [9.17, 15) is 0 Å². The lowest BCUT2D eigenvalue weighted by Gasteiger charge is -2.38. The fraction of sp³-hybridized carbons (Fsp3) is 0.182. The van der Waals surface area contributed by atoms with Crippen molar-refractivity contribution in [2.45, 2.75) is 19.8 Å². The molecule has 0 amide bonds. The van der Waals surface area contributed by atoms with Crippen LogP contribution in [0.5, 0.6) is 0 Å². The van der Waals surface area contributed by atoms with Gasteiger partial charge in [-0.1, -0.05) is 50.2 Å². The molecule has 3 aromatic carbocycles. The lowest BCUT2D eigenvalue weighted by Crippen LogP contribution is -2.23. The van der Waals surface area contributed by atoms with E-state index in [0.29, 0.717) is 5.92 Å². The molecule has 1 aliphatic heterocycles. The van der Waals surface area contributed by atoms with Crippen LogP contribution < -0.4 is 9.80 Å². The van der Waals surface area contributed by atoms with Crippen LogP contribution in [-0.4, -0.2) is 7.05 Å². The minimum absolute atomic E-state index is 0.547. The van der Waals surface area contributed by atoms with E-state index < -0.39 is 0 Å². The van der Waals surface area contributed by atoms with Crippen LogP contribution in [0.1, 0.15) is 25.3 Å². The van der Waals surface area contributed by atoms with Crippen molar-refractivity contribution in [1.29, 1.82) is 0 Å². The molecule has 120 valence electrons. The zero-order valence-electron chi connectivity index (χ0n) is 14.4. The Morgan fingerprint density at radius 2 is 1.08 bits per heavy atom. The van der Waals surface area contributed by atoms with Crippen LogP contribution in [0.25, 0.3) is 0 Å². The van der Waals surface area contributed by atoms with Crippen LogP contribution >= 0.6 is 0 Å². The molecule has 4 rings (SSSR count). The number of benzene rings is 3. The average molecular weight is 314 g/mol. The molecule has 0 fully saturated rings. The van der Waals surface area contributed by atoms with Gasteiger partial charge in [-0.05, 0) is 47.9 Å². The van der Waals surface area contributed by atoms with Gasteiger partial charge in [-0.15, -0.1) is 0 Å². The maximum absolute atomic E-state index is 2.36. The highest BCUT2D eigenvalue weighted by Gasteiger charge is 2.26. The van der Waals surface area contributed by atoms with E-state index in [1.54, 1.807) is 0 Å². The van der Waals surface area contributed by atoms with Gasteiger partial charge in [0.05, 0.1) is 22.7 Å². The van der Waals surface area contributed by atoms with Crippen molar-refractivity contribution in [3.63, 3.8) is 0 Å². The van der Waals surface area contributed by atoms with Gasteiger partial charge in [0, 0.05) is 12.7 Å². The van der Waals surface area contributed by atoms with Crippen molar-refractivity contribution < 1.29 is 0 Å². The zero-order chi connectivity index (χ0) is 16.7. The molecule has 1 heterocycles. The highest BCUT2D eigenvalue weighted by molar-refractivity contribution is 5.97. The van der Waals surface area contributed by atoms with E-state index in [-0.39, 0.29) is 0 Å². The summed E-state index contributed by atoms with van der Waals surface area (Å²) in [4.78, 5) is 4.62. The zero-order valence-corrected chi connectivity index (χ0v) is 14.4. The standard InChI is InChI=1S/C22H22N2/c1-16(2)17-12-14-18(15-13-17)24-21-10-6-4-8-19(21)23(3)20-9-5-7-11-22(20)24/h4-16H,1-3H3.